The molecule has 0 unspecified atom stereocenters. The monoisotopic (exact) mass is 308 g/mol. The summed E-state index contributed by atoms with van der Waals surface area (Å²) in [6.07, 6.45) is 3.91. The molecule has 0 atom stereocenters. The Bertz CT molecular complexity index is 821. The summed E-state index contributed by atoms with van der Waals surface area (Å²) < 4.78 is 5.57. The Morgan fingerprint density at radius 3 is 2.74 bits per heavy atom. The third-order valence-corrected chi connectivity index (χ3v) is 4.39. The van der Waals surface area contributed by atoms with Crippen LogP contribution in [0.15, 0.2) is 42.7 Å². The van der Waals surface area contributed by atoms with Crippen molar-refractivity contribution in [2.75, 3.05) is 38.2 Å². The van der Waals surface area contributed by atoms with Crippen LogP contribution in [0.5, 0.6) is 5.75 Å². The number of nitrogens with zero attached hydrogens (tertiary/aromatic N) is 2. The molecule has 23 heavy (non-hydrogen) atoms. The minimum Gasteiger partial charge on any atom is -0.496 e. The Morgan fingerprint density at radius 1 is 1.09 bits per heavy atom. The zero-order valence-electron chi connectivity index (χ0n) is 13.2. The van der Waals surface area contributed by atoms with Gasteiger partial charge in [-0.2, -0.15) is 0 Å². The van der Waals surface area contributed by atoms with Crippen molar-refractivity contribution in [3.63, 3.8) is 0 Å². The molecule has 5 heteroatoms. The number of para-hydroxylation sites is 1. The van der Waals surface area contributed by atoms with Crippen LogP contribution >= 0.6 is 0 Å². The molecule has 2 N–H and O–H groups in total. The SMILES string of the molecule is COc1ccccc1-c1cnc2[nH]ccc2c1N1CCNCC1. The second kappa shape index (κ2) is 5.93. The Kier molecular flexibility index (Phi) is 3.63. The van der Waals surface area contributed by atoms with Gasteiger partial charge >= 0.3 is 0 Å². The van der Waals surface area contributed by atoms with E-state index in [1.807, 2.05) is 30.6 Å². The first kappa shape index (κ1) is 14.1. The molecule has 3 heterocycles. The number of hydrogen-bond acceptors (Lipinski definition) is 4. The predicted molar refractivity (Wildman–Crippen MR) is 93.2 cm³/mol. The van der Waals surface area contributed by atoms with Crippen LogP contribution in [0.1, 0.15) is 0 Å². The molecule has 0 amide bonds. The third kappa shape index (κ3) is 2.43. The van der Waals surface area contributed by atoms with Crippen LogP contribution in [0.4, 0.5) is 5.69 Å². The largest absolute Gasteiger partial charge is 0.496 e. The van der Waals surface area contributed by atoms with Gasteiger partial charge in [-0.05, 0) is 12.1 Å². The Labute approximate surface area is 135 Å². The molecule has 0 spiro atoms. The van der Waals surface area contributed by atoms with E-state index in [-0.39, 0.29) is 0 Å². The van der Waals surface area contributed by atoms with Crippen molar-refractivity contribution in [1.29, 1.82) is 0 Å². The number of ether oxygens (including phenoxy) is 1. The van der Waals surface area contributed by atoms with Gasteiger partial charge in [-0.1, -0.05) is 18.2 Å². The molecule has 1 aliphatic rings. The Balaban J connectivity index is 1.95. The second-order valence-electron chi connectivity index (χ2n) is 5.70. The number of fused-ring (bicyclic) bond motifs is 1. The summed E-state index contributed by atoms with van der Waals surface area (Å²) in [5.74, 6) is 0.876. The molecule has 0 radical (unpaired) electrons. The molecule has 2 aromatic heterocycles. The molecule has 0 saturated carbocycles. The highest BCUT2D eigenvalue weighted by molar-refractivity contribution is 5.99. The number of aromatic nitrogens is 2. The van der Waals surface area contributed by atoms with Gasteiger partial charge in [0, 0.05) is 55.1 Å². The molecule has 1 saturated heterocycles. The Morgan fingerprint density at radius 2 is 1.91 bits per heavy atom. The fourth-order valence-electron chi connectivity index (χ4n) is 3.29. The van der Waals surface area contributed by atoms with Crippen LogP contribution < -0.4 is 15.0 Å². The van der Waals surface area contributed by atoms with Crippen molar-refractivity contribution in [3.05, 3.63) is 42.7 Å². The summed E-state index contributed by atoms with van der Waals surface area (Å²) in [5, 5.41) is 4.58. The minimum atomic E-state index is 0.876. The van der Waals surface area contributed by atoms with Crippen LogP contribution in [0.25, 0.3) is 22.2 Å². The number of anilines is 1. The van der Waals surface area contributed by atoms with Gasteiger partial charge in [0.15, 0.2) is 0 Å². The highest BCUT2D eigenvalue weighted by atomic mass is 16.5. The number of nitrogens with one attached hydrogen (secondary N) is 2. The number of rotatable bonds is 3. The van der Waals surface area contributed by atoms with Crippen LogP contribution in [0, 0.1) is 0 Å². The second-order valence-corrected chi connectivity index (χ2v) is 5.70. The lowest BCUT2D eigenvalue weighted by Crippen LogP contribution is -2.43. The van der Waals surface area contributed by atoms with Crippen LogP contribution in [-0.2, 0) is 0 Å². The normalized spacial score (nSPS) is 15.1. The molecule has 5 nitrogen and oxygen atoms in total. The molecular formula is C18H20N4O. The standard InChI is InChI=1S/C18H20N4O/c1-23-16-5-3-2-4-13(16)15-12-21-18-14(6-7-20-18)17(15)22-10-8-19-9-11-22/h2-7,12,19H,8-11H2,1H3,(H,20,21). The number of hydrogen-bond donors (Lipinski definition) is 2. The maximum Gasteiger partial charge on any atom is 0.139 e. The predicted octanol–water partition coefficient (Wildman–Crippen LogP) is 2.65. The first-order valence-corrected chi connectivity index (χ1v) is 7.93. The van der Waals surface area contributed by atoms with Gasteiger partial charge in [0.05, 0.1) is 12.8 Å². The first-order valence-electron chi connectivity index (χ1n) is 7.93. The zero-order chi connectivity index (χ0) is 15.6. The molecule has 1 aromatic carbocycles. The van der Waals surface area contributed by atoms with E-state index in [4.69, 9.17) is 4.74 Å². The third-order valence-electron chi connectivity index (χ3n) is 4.39. The molecular weight excluding hydrogens is 288 g/mol. The molecule has 3 aromatic rings. The number of pyridine rings is 1. The van der Waals surface area contributed by atoms with E-state index in [2.05, 4.69) is 32.3 Å². The number of methoxy groups -OCH3 is 1. The minimum absolute atomic E-state index is 0.876. The molecule has 118 valence electrons. The number of aromatic amines is 1. The van der Waals surface area contributed by atoms with E-state index in [9.17, 15) is 0 Å². The summed E-state index contributed by atoms with van der Waals surface area (Å²) >= 11 is 0. The first-order chi connectivity index (χ1) is 11.4. The molecule has 0 aliphatic carbocycles. The summed E-state index contributed by atoms with van der Waals surface area (Å²) in [5.41, 5.74) is 4.37. The summed E-state index contributed by atoms with van der Waals surface area (Å²) in [6.45, 7) is 3.98. The van der Waals surface area contributed by atoms with E-state index in [0.29, 0.717) is 0 Å². The van der Waals surface area contributed by atoms with Gasteiger partial charge in [0.2, 0.25) is 0 Å². The molecule has 0 bridgehead atoms. The van der Waals surface area contributed by atoms with E-state index < -0.39 is 0 Å². The lowest BCUT2D eigenvalue weighted by atomic mass is 10.0. The fourth-order valence-corrected chi connectivity index (χ4v) is 3.29. The van der Waals surface area contributed by atoms with Crippen LogP contribution in [-0.4, -0.2) is 43.3 Å². The maximum atomic E-state index is 5.57. The average Bonchev–Trinajstić information content (AvgIpc) is 3.10. The number of piperazine rings is 1. The van der Waals surface area contributed by atoms with Crippen molar-refractivity contribution in [3.8, 4) is 16.9 Å². The van der Waals surface area contributed by atoms with Crippen molar-refractivity contribution >= 4 is 16.7 Å². The fraction of sp³-hybridized carbons (Fsp3) is 0.278. The van der Waals surface area contributed by atoms with E-state index >= 15 is 0 Å². The number of H-pyrrole nitrogens is 1. The summed E-state index contributed by atoms with van der Waals surface area (Å²) in [6, 6.07) is 10.2. The highest BCUT2D eigenvalue weighted by Gasteiger charge is 2.20. The zero-order valence-corrected chi connectivity index (χ0v) is 13.2. The summed E-state index contributed by atoms with van der Waals surface area (Å²) in [7, 11) is 1.71. The van der Waals surface area contributed by atoms with E-state index in [1.54, 1.807) is 7.11 Å². The highest BCUT2D eigenvalue weighted by Crippen LogP contribution is 2.40. The topological polar surface area (TPSA) is 53.2 Å². The van der Waals surface area contributed by atoms with Gasteiger partial charge < -0.3 is 19.9 Å². The lowest BCUT2D eigenvalue weighted by molar-refractivity contribution is 0.416. The molecule has 1 fully saturated rings. The lowest BCUT2D eigenvalue weighted by Gasteiger charge is -2.31. The van der Waals surface area contributed by atoms with Crippen LogP contribution in [0.2, 0.25) is 0 Å². The Hall–Kier alpha value is -2.53. The molecule has 1 aliphatic heterocycles. The number of benzene rings is 1. The van der Waals surface area contributed by atoms with Gasteiger partial charge in [0.1, 0.15) is 11.4 Å². The van der Waals surface area contributed by atoms with Crippen molar-refractivity contribution < 1.29 is 4.74 Å². The van der Waals surface area contributed by atoms with Gasteiger partial charge in [0.25, 0.3) is 0 Å². The smallest absolute Gasteiger partial charge is 0.139 e. The maximum absolute atomic E-state index is 5.57. The van der Waals surface area contributed by atoms with Crippen molar-refractivity contribution in [2.24, 2.45) is 0 Å². The van der Waals surface area contributed by atoms with Crippen LogP contribution in [0.3, 0.4) is 0 Å². The van der Waals surface area contributed by atoms with Crippen molar-refractivity contribution in [1.82, 2.24) is 15.3 Å². The van der Waals surface area contributed by atoms with Gasteiger partial charge in [-0.15, -0.1) is 0 Å². The molecule has 4 rings (SSSR count). The quantitative estimate of drug-likeness (QED) is 0.781. The van der Waals surface area contributed by atoms with E-state index in [1.165, 1.54) is 5.69 Å². The van der Waals surface area contributed by atoms with Crippen molar-refractivity contribution in [2.45, 2.75) is 0 Å². The van der Waals surface area contributed by atoms with Gasteiger partial charge in [-0.25, -0.2) is 4.98 Å². The van der Waals surface area contributed by atoms with Gasteiger partial charge in [-0.3, -0.25) is 0 Å². The average molecular weight is 308 g/mol. The van der Waals surface area contributed by atoms with E-state index in [0.717, 1.165) is 54.1 Å². The summed E-state index contributed by atoms with van der Waals surface area (Å²) in [4.78, 5) is 10.3.